The van der Waals surface area contributed by atoms with Crippen LogP contribution in [0.3, 0.4) is 0 Å². The molecule has 5 heteroatoms. The van der Waals surface area contributed by atoms with E-state index in [1.165, 1.54) is 0 Å². The first-order valence-corrected chi connectivity index (χ1v) is 6.42. The maximum absolute atomic E-state index is 5.64. The molecule has 0 aliphatic heterocycles. The second-order valence-electron chi connectivity index (χ2n) is 4.10. The van der Waals surface area contributed by atoms with Crippen LogP contribution in [-0.4, -0.2) is 16.9 Å². The Kier molecular flexibility index (Phi) is 3.93. The number of aryl methyl sites for hydroxylation is 1. The standard InChI is InChI=1S/C12H17N3OS/c1-9-14-11(8-17-9)6-15(2)7-12-10(5-13)3-4-16-12/h3-4,8H,5-7,13H2,1-2H3. The number of thiazole rings is 1. The summed E-state index contributed by atoms with van der Waals surface area (Å²) in [5, 5.41) is 3.20. The van der Waals surface area contributed by atoms with Gasteiger partial charge in [-0.3, -0.25) is 4.90 Å². The molecular formula is C12H17N3OS. The number of rotatable bonds is 5. The van der Waals surface area contributed by atoms with Crippen LogP contribution in [0.1, 0.15) is 22.0 Å². The van der Waals surface area contributed by atoms with Gasteiger partial charge in [-0.25, -0.2) is 4.98 Å². The van der Waals surface area contributed by atoms with E-state index in [0.717, 1.165) is 35.1 Å². The van der Waals surface area contributed by atoms with Crippen LogP contribution in [0.5, 0.6) is 0 Å². The largest absolute Gasteiger partial charge is 0.468 e. The highest BCUT2D eigenvalue weighted by Gasteiger charge is 2.09. The molecule has 0 saturated heterocycles. The Morgan fingerprint density at radius 3 is 2.94 bits per heavy atom. The van der Waals surface area contributed by atoms with E-state index < -0.39 is 0 Å². The highest BCUT2D eigenvalue weighted by molar-refractivity contribution is 7.09. The van der Waals surface area contributed by atoms with Gasteiger partial charge in [0.25, 0.3) is 0 Å². The molecule has 2 heterocycles. The fraction of sp³-hybridized carbons (Fsp3) is 0.417. The van der Waals surface area contributed by atoms with Crippen molar-refractivity contribution in [2.24, 2.45) is 5.73 Å². The van der Waals surface area contributed by atoms with Gasteiger partial charge in [0, 0.05) is 24.0 Å². The maximum atomic E-state index is 5.64. The zero-order valence-electron chi connectivity index (χ0n) is 10.1. The summed E-state index contributed by atoms with van der Waals surface area (Å²) in [6, 6.07) is 1.93. The number of aromatic nitrogens is 1. The molecule has 2 N–H and O–H groups in total. The number of nitrogens with zero attached hydrogens (tertiary/aromatic N) is 2. The van der Waals surface area contributed by atoms with E-state index in [4.69, 9.17) is 10.2 Å². The van der Waals surface area contributed by atoms with Crippen LogP contribution < -0.4 is 5.73 Å². The summed E-state index contributed by atoms with van der Waals surface area (Å²) in [7, 11) is 2.05. The van der Waals surface area contributed by atoms with Gasteiger partial charge in [-0.15, -0.1) is 11.3 Å². The van der Waals surface area contributed by atoms with E-state index in [0.29, 0.717) is 6.54 Å². The minimum atomic E-state index is 0.523. The first-order chi connectivity index (χ1) is 8.19. The van der Waals surface area contributed by atoms with Gasteiger partial charge in [0.2, 0.25) is 0 Å². The highest BCUT2D eigenvalue weighted by Crippen LogP contribution is 2.14. The van der Waals surface area contributed by atoms with Gasteiger partial charge in [0.15, 0.2) is 0 Å². The van der Waals surface area contributed by atoms with Crippen LogP contribution in [-0.2, 0) is 19.6 Å². The van der Waals surface area contributed by atoms with E-state index in [9.17, 15) is 0 Å². The molecule has 0 unspecified atom stereocenters. The van der Waals surface area contributed by atoms with Crippen molar-refractivity contribution >= 4 is 11.3 Å². The fourth-order valence-electron chi connectivity index (χ4n) is 1.75. The smallest absolute Gasteiger partial charge is 0.122 e. The van der Waals surface area contributed by atoms with Crippen LogP contribution in [0.15, 0.2) is 22.1 Å². The van der Waals surface area contributed by atoms with Crippen molar-refractivity contribution in [2.45, 2.75) is 26.6 Å². The van der Waals surface area contributed by atoms with Gasteiger partial charge in [0.1, 0.15) is 5.76 Å². The molecule has 4 nitrogen and oxygen atoms in total. The summed E-state index contributed by atoms with van der Waals surface area (Å²) >= 11 is 1.68. The second-order valence-corrected chi connectivity index (χ2v) is 5.17. The third kappa shape index (κ3) is 3.15. The van der Waals surface area contributed by atoms with Crippen LogP contribution in [0.4, 0.5) is 0 Å². The van der Waals surface area contributed by atoms with E-state index in [-0.39, 0.29) is 0 Å². The molecule has 0 fully saturated rings. The van der Waals surface area contributed by atoms with Gasteiger partial charge in [-0.1, -0.05) is 0 Å². The first kappa shape index (κ1) is 12.3. The number of hydrogen-bond donors (Lipinski definition) is 1. The van der Waals surface area contributed by atoms with Crippen LogP contribution in [0.2, 0.25) is 0 Å². The lowest BCUT2D eigenvalue weighted by Crippen LogP contribution is -2.18. The van der Waals surface area contributed by atoms with Crippen molar-refractivity contribution in [1.82, 2.24) is 9.88 Å². The summed E-state index contributed by atoms with van der Waals surface area (Å²) in [6.07, 6.45) is 1.69. The van der Waals surface area contributed by atoms with Gasteiger partial charge >= 0.3 is 0 Å². The molecule has 17 heavy (non-hydrogen) atoms. The average molecular weight is 251 g/mol. The molecule has 0 saturated carbocycles. The Morgan fingerprint density at radius 2 is 2.29 bits per heavy atom. The summed E-state index contributed by atoms with van der Waals surface area (Å²) < 4.78 is 5.43. The van der Waals surface area contributed by atoms with E-state index in [1.54, 1.807) is 17.6 Å². The number of nitrogens with two attached hydrogens (primary N) is 1. The summed E-state index contributed by atoms with van der Waals surface area (Å²) in [5.74, 6) is 0.946. The molecule has 2 aromatic heterocycles. The molecule has 0 bridgehead atoms. The molecule has 92 valence electrons. The van der Waals surface area contributed by atoms with Crippen molar-refractivity contribution in [3.63, 3.8) is 0 Å². The molecule has 0 aliphatic rings. The minimum Gasteiger partial charge on any atom is -0.468 e. The first-order valence-electron chi connectivity index (χ1n) is 5.54. The quantitative estimate of drug-likeness (QED) is 0.884. The zero-order chi connectivity index (χ0) is 12.3. The Morgan fingerprint density at radius 1 is 1.47 bits per heavy atom. The summed E-state index contributed by atoms with van der Waals surface area (Å²) in [4.78, 5) is 6.62. The minimum absolute atomic E-state index is 0.523. The second kappa shape index (κ2) is 5.44. The van der Waals surface area contributed by atoms with Gasteiger partial charge in [0.05, 0.1) is 23.5 Å². The van der Waals surface area contributed by atoms with Crippen molar-refractivity contribution in [3.8, 4) is 0 Å². The summed E-state index contributed by atoms with van der Waals surface area (Å²) in [6.45, 7) is 4.13. The lowest BCUT2D eigenvalue weighted by molar-refractivity contribution is 0.283. The molecule has 0 radical (unpaired) electrons. The van der Waals surface area contributed by atoms with Crippen molar-refractivity contribution in [3.05, 3.63) is 39.7 Å². The molecule has 0 aromatic carbocycles. The fourth-order valence-corrected chi connectivity index (χ4v) is 2.35. The number of hydrogen-bond acceptors (Lipinski definition) is 5. The predicted octanol–water partition coefficient (Wildman–Crippen LogP) is 2.14. The predicted molar refractivity (Wildman–Crippen MR) is 68.6 cm³/mol. The third-order valence-corrected chi connectivity index (χ3v) is 3.39. The molecule has 0 spiro atoms. The summed E-state index contributed by atoms with van der Waals surface area (Å²) in [5.41, 5.74) is 7.82. The molecule has 0 aliphatic carbocycles. The number of furan rings is 1. The van der Waals surface area contributed by atoms with Gasteiger partial charge in [-0.05, 0) is 20.0 Å². The molecule has 2 aromatic rings. The lowest BCUT2D eigenvalue weighted by Gasteiger charge is -2.14. The third-order valence-electron chi connectivity index (χ3n) is 2.57. The Labute approximate surface area is 105 Å². The topological polar surface area (TPSA) is 55.3 Å². The van der Waals surface area contributed by atoms with E-state index in [1.807, 2.05) is 13.0 Å². The van der Waals surface area contributed by atoms with Crippen molar-refractivity contribution < 1.29 is 4.42 Å². The SMILES string of the molecule is Cc1nc(CN(C)Cc2occc2CN)cs1. The van der Waals surface area contributed by atoms with Crippen molar-refractivity contribution in [2.75, 3.05) is 7.05 Å². The molecule has 2 rings (SSSR count). The molecule has 0 atom stereocenters. The van der Waals surface area contributed by atoms with Crippen LogP contribution >= 0.6 is 11.3 Å². The normalized spacial score (nSPS) is 11.3. The monoisotopic (exact) mass is 251 g/mol. The average Bonchev–Trinajstić information content (AvgIpc) is 2.87. The Bertz CT molecular complexity index is 478. The Hall–Kier alpha value is -1.17. The Balaban J connectivity index is 1.95. The zero-order valence-corrected chi connectivity index (χ0v) is 11.0. The molecule has 0 amide bonds. The highest BCUT2D eigenvalue weighted by atomic mass is 32.1. The van der Waals surface area contributed by atoms with Crippen molar-refractivity contribution in [1.29, 1.82) is 0 Å². The molecular weight excluding hydrogens is 234 g/mol. The maximum Gasteiger partial charge on any atom is 0.122 e. The van der Waals surface area contributed by atoms with Gasteiger partial charge < -0.3 is 10.2 Å². The van der Waals surface area contributed by atoms with E-state index >= 15 is 0 Å². The van der Waals surface area contributed by atoms with E-state index in [2.05, 4.69) is 22.3 Å². The van der Waals surface area contributed by atoms with Crippen LogP contribution in [0, 0.1) is 6.92 Å². The van der Waals surface area contributed by atoms with Crippen LogP contribution in [0.25, 0.3) is 0 Å². The lowest BCUT2D eigenvalue weighted by atomic mass is 10.2. The van der Waals surface area contributed by atoms with Gasteiger partial charge in [-0.2, -0.15) is 0 Å².